The molecule has 0 aliphatic rings. The third-order valence-corrected chi connectivity index (χ3v) is 5.70. The standard InChI is InChI=1S/C26H22ClN3O5/c1-15-24(29-26(33)34-16(2)20-5-3-4-6-21(20)27)25(35-30-15)22-12-11-19(14-28-22)18-9-7-17(8-10-18)13-23(31)32/h3-12,14,16H,13H2,1-2H3,(H,29,33)(H,31,32). The number of pyridine rings is 1. The summed E-state index contributed by atoms with van der Waals surface area (Å²) < 4.78 is 10.9. The first-order valence-corrected chi connectivity index (χ1v) is 11.2. The minimum absolute atomic E-state index is 0.0301. The zero-order chi connectivity index (χ0) is 24.9. The number of rotatable bonds is 7. The van der Waals surface area contributed by atoms with Gasteiger partial charge in [-0.2, -0.15) is 0 Å². The zero-order valence-electron chi connectivity index (χ0n) is 19.0. The average molecular weight is 492 g/mol. The number of aliphatic carboxylic acids is 1. The number of carbonyl (C=O) groups excluding carboxylic acids is 1. The Morgan fingerprint density at radius 3 is 2.46 bits per heavy atom. The molecule has 35 heavy (non-hydrogen) atoms. The van der Waals surface area contributed by atoms with E-state index in [1.165, 1.54) is 0 Å². The number of hydrogen-bond acceptors (Lipinski definition) is 6. The predicted octanol–water partition coefficient (Wildman–Crippen LogP) is 6.30. The fourth-order valence-corrected chi connectivity index (χ4v) is 3.83. The second-order valence-electron chi connectivity index (χ2n) is 7.87. The fraction of sp³-hybridized carbons (Fsp3) is 0.154. The Morgan fingerprint density at radius 1 is 1.09 bits per heavy atom. The zero-order valence-corrected chi connectivity index (χ0v) is 19.7. The molecule has 8 nitrogen and oxygen atoms in total. The summed E-state index contributed by atoms with van der Waals surface area (Å²) in [4.78, 5) is 27.9. The highest BCUT2D eigenvalue weighted by Gasteiger charge is 2.21. The lowest BCUT2D eigenvalue weighted by Crippen LogP contribution is -2.17. The van der Waals surface area contributed by atoms with Crippen LogP contribution in [0.3, 0.4) is 0 Å². The van der Waals surface area contributed by atoms with E-state index in [1.807, 2.05) is 24.3 Å². The molecule has 0 saturated heterocycles. The molecule has 2 N–H and O–H groups in total. The lowest BCUT2D eigenvalue weighted by molar-refractivity contribution is -0.136. The molecule has 0 bridgehead atoms. The van der Waals surface area contributed by atoms with E-state index >= 15 is 0 Å². The van der Waals surface area contributed by atoms with Crippen molar-refractivity contribution in [2.24, 2.45) is 0 Å². The predicted molar refractivity (Wildman–Crippen MR) is 131 cm³/mol. The van der Waals surface area contributed by atoms with Crippen molar-refractivity contribution < 1.29 is 24.0 Å². The first-order chi connectivity index (χ1) is 16.8. The molecule has 1 atom stereocenters. The molecule has 9 heteroatoms. The van der Waals surface area contributed by atoms with Gasteiger partial charge >= 0.3 is 12.1 Å². The molecule has 2 heterocycles. The third kappa shape index (κ3) is 5.67. The van der Waals surface area contributed by atoms with E-state index in [1.54, 1.807) is 56.4 Å². The molecule has 0 radical (unpaired) electrons. The Labute approximate surface area is 206 Å². The quantitative estimate of drug-likeness (QED) is 0.311. The van der Waals surface area contributed by atoms with E-state index < -0.39 is 18.2 Å². The topological polar surface area (TPSA) is 115 Å². The number of halogens is 1. The van der Waals surface area contributed by atoms with Crippen LogP contribution in [0.5, 0.6) is 0 Å². The van der Waals surface area contributed by atoms with E-state index in [9.17, 15) is 9.59 Å². The van der Waals surface area contributed by atoms with Crippen LogP contribution < -0.4 is 5.32 Å². The first kappa shape index (κ1) is 24.0. The van der Waals surface area contributed by atoms with Gasteiger partial charge in [-0.3, -0.25) is 15.1 Å². The van der Waals surface area contributed by atoms with Crippen molar-refractivity contribution in [1.29, 1.82) is 0 Å². The third-order valence-electron chi connectivity index (χ3n) is 5.36. The monoisotopic (exact) mass is 491 g/mol. The number of amides is 1. The van der Waals surface area contributed by atoms with E-state index in [0.29, 0.717) is 33.4 Å². The van der Waals surface area contributed by atoms with Crippen LogP contribution in [0.2, 0.25) is 5.02 Å². The number of carboxylic acids is 1. The van der Waals surface area contributed by atoms with Crippen molar-refractivity contribution in [3.8, 4) is 22.6 Å². The van der Waals surface area contributed by atoms with Gasteiger partial charge in [0.05, 0.1) is 6.42 Å². The Balaban J connectivity index is 1.48. The van der Waals surface area contributed by atoms with Crippen LogP contribution in [0.1, 0.15) is 29.8 Å². The van der Waals surface area contributed by atoms with Crippen LogP contribution in [-0.2, 0) is 16.0 Å². The van der Waals surface area contributed by atoms with Gasteiger partial charge in [0.25, 0.3) is 0 Å². The summed E-state index contributed by atoms with van der Waals surface area (Å²) in [5.41, 5.74) is 4.46. The van der Waals surface area contributed by atoms with Gasteiger partial charge in [0.15, 0.2) is 0 Å². The lowest BCUT2D eigenvalue weighted by Gasteiger charge is -2.15. The summed E-state index contributed by atoms with van der Waals surface area (Å²) in [6, 6.07) is 18.0. The van der Waals surface area contributed by atoms with Gasteiger partial charge in [0, 0.05) is 22.3 Å². The number of carboxylic acid groups (broad SMARTS) is 1. The molecular weight excluding hydrogens is 470 g/mol. The van der Waals surface area contributed by atoms with E-state index in [-0.39, 0.29) is 6.42 Å². The number of carbonyl (C=O) groups is 2. The summed E-state index contributed by atoms with van der Waals surface area (Å²) in [5.74, 6) is -0.578. The van der Waals surface area contributed by atoms with Gasteiger partial charge in [0.2, 0.25) is 5.76 Å². The summed E-state index contributed by atoms with van der Waals surface area (Å²) >= 11 is 6.19. The molecule has 0 saturated carbocycles. The number of hydrogen-bond donors (Lipinski definition) is 2. The molecule has 4 aromatic rings. The molecule has 0 spiro atoms. The molecule has 2 aromatic heterocycles. The molecule has 4 rings (SSSR count). The maximum atomic E-state index is 12.6. The van der Waals surface area contributed by atoms with Crippen molar-refractivity contribution in [3.05, 3.63) is 88.7 Å². The van der Waals surface area contributed by atoms with Crippen molar-refractivity contribution in [1.82, 2.24) is 10.1 Å². The number of aromatic nitrogens is 2. The number of anilines is 1. The van der Waals surface area contributed by atoms with Crippen LogP contribution in [-0.4, -0.2) is 27.3 Å². The van der Waals surface area contributed by atoms with E-state index in [0.717, 1.165) is 16.7 Å². The molecule has 178 valence electrons. The second-order valence-corrected chi connectivity index (χ2v) is 8.27. The molecule has 1 amide bonds. The number of benzene rings is 2. The average Bonchev–Trinajstić information content (AvgIpc) is 3.19. The normalized spacial score (nSPS) is 11.6. The number of nitrogens with zero attached hydrogens (tertiary/aromatic N) is 2. The number of aryl methyl sites for hydroxylation is 1. The highest BCUT2D eigenvalue weighted by molar-refractivity contribution is 6.31. The number of nitrogens with one attached hydrogen (secondary N) is 1. The SMILES string of the molecule is Cc1noc(-c2ccc(-c3ccc(CC(=O)O)cc3)cn2)c1NC(=O)OC(C)c1ccccc1Cl. The summed E-state index contributed by atoms with van der Waals surface area (Å²) in [6.45, 7) is 3.43. The molecule has 0 aliphatic carbocycles. The van der Waals surface area contributed by atoms with Crippen molar-refractivity contribution in [2.75, 3.05) is 5.32 Å². The highest BCUT2D eigenvalue weighted by atomic mass is 35.5. The first-order valence-electron chi connectivity index (χ1n) is 10.8. The molecule has 0 fully saturated rings. The highest BCUT2D eigenvalue weighted by Crippen LogP contribution is 2.32. The van der Waals surface area contributed by atoms with E-state index in [4.69, 9.17) is 26.0 Å². The lowest BCUT2D eigenvalue weighted by atomic mass is 10.0. The molecule has 1 unspecified atom stereocenters. The maximum absolute atomic E-state index is 12.6. The summed E-state index contributed by atoms with van der Waals surface area (Å²) in [5, 5.41) is 16.1. The number of ether oxygens (including phenoxy) is 1. The van der Waals surface area contributed by atoms with Crippen molar-refractivity contribution in [2.45, 2.75) is 26.4 Å². The Bertz CT molecular complexity index is 1350. The van der Waals surface area contributed by atoms with E-state index in [2.05, 4.69) is 15.5 Å². The Hall–Kier alpha value is -4.17. The second kappa shape index (κ2) is 10.4. The smallest absolute Gasteiger partial charge is 0.412 e. The minimum atomic E-state index is -0.877. The van der Waals surface area contributed by atoms with Crippen LogP contribution in [0.25, 0.3) is 22.6 Å². The van der Waals surface area contributed by atoms with Gasteiger partial charge in [-0.15, -0.1) is 0 Å². The Kier molecular flexibility index (Phi) is 7.12. The van der Waals surface area contributed by atoms with Crippen LogP contribution in [0.4, 0.5) is 10.5 Å². The van der Waals surface area contributed by atoms with Crippen LogP contribution >= 0.6 is 11.6 Å². The maximum Gasteiger partial charge on any atom is 0.412 e. The summed E-state index contributed by atoms with van der Waals surface area (Å²) in [7, 11) is 0. The summed E-state index contributed by atoms with van der Waals surface area (Å²) in [6.07, 6.45) is 0.396. The van der Waals surface area contributed by atoms with Crippen molar-refractivity contribution >= 4 is 29.4 Å². The van der Waals surface area contributed by atoms with Crippen molar-refractivity contribution in [3.63, 3.8) is 0 Å². The van der Waals surface area contributed by atoms with Gasteiger partial charge < -0.3 is 14.4 Å². The molecule has 2 aromatic carbocycles. The van der Waals surface area contributed by atoms with Gasteiger partial charge in [0.1, 0.15) is 23.2 Å². The van der Waals surface area contributed by atoms with Gasteiger partial charge in [-0.25, -0.2) is 4.79 Å². The van der Waals surface area contributed by atoms with Gasteiger partial charge in [-0.05, 0) is 37.1 Å². The molecule has 0 aliphatic heterocycles. The largest absolute Gasteiger partial charge is 0.481 e. The molecular formula is C26H22ClN3O5. The Morgan fingerprint density at radius 2 is 1.80 bits per heavy atom. The van der Waals surface area contributed by atoms with Gasteiger partial charge in [-0.1, -0.05) is 65.3 Å². The fourth-order valence-electron chi connectivity index (χ4n) is 3.54. The van der Waals surface area contributed by atoms with Crippen LogP contribution in [0, 0.1) is 6.92 Å². The minimum Gasteiger partial charge on any atom is -0.481 e. The van der Waals surface area contributed by atoms with Crippen LogP contribution in [0.15, 0.2) is 71.4 Å².